The highest BCUT2D eigenvalue weighted by Gasteiger charge is 2.27. The number of carbonyl (C=O) groups excluding carboxylic acids is 1. The molecule has 7 heteroatoms. The lowest BCUT2D eigenvalue weighted by atomic mass is 10.3. The van der Waals surface area contributed by atoms with Crippen molar-refractivity contribution >= 4 is 21.6 Å². The third-order valence-electron chi connectivity index (χ3n) is 3.23. The molecule has 1 saturated carbocycles. The van der Waals surface area contributed by atoms with E-state index in [1.165, 1.54) is 0 Å². The lowest BCUT2D eigenvalue weighted by Crippen LogP contribution is -2.25. The van der Waals surface area contributed by atoms with Crippen LogP contribution in [0.3, 0.4) is 0 Å². The predicted octanol–water partition coefficient (Wildman–Crippen LogP) is 1.02. The van der Waals surface area contributed by atoms with Crippen LogP contribution in [0.1, 0.15) is 19.3 Å². The van der Waals surface area contributed by atoms with Crippen LogP contribution in [0, 0.1) is 0 Å². The Morgan fingerprint density at radius 1 is 1.24 bits per heavy atom. The van der Waals surface area contributed by atoms with Crippen molar-refractivity contribution in [2.75, 3.05) is 26.0 Å². The van der Waals surface area contributed by atoms with E-state index in [0.717, 1.165) is 18.5 Å². The van der Waals surface area contributed by atoms with E-state index in [-0.39, 0.29) is 16.8 Å². The highest BCUT2D eigenvalue weighted by Crippen LogP contribution is 2.22. The SMILES string of the molecule is CN(C)C(=O)CCNc1ccc(S(=O)(=O)NC2CC2)cc1. The zero-order chi connectivity index (χ0) is 15.5. The van der Waals surface area contributed by atoms with Gasteiger partial charge in [0.05, 0.1) is 4.90 Å². The van der Waals surface area contributed by atoms with Gasteiger partial charge in [-0.1, -0.05) is 0 Å². The molecule has 21 heavy (non-hydrogen) atoms. The van der Waals surface area contributed by atoms with Gasteiger partial charge in [-0.15, -0.1) is 0 Å². The minimum atomic E-state index is -3.40. The summed E-state index contributed by atoms with van der Waals surface area (Å²) < 4.78 is 26.6. The highest BCUT2D eigenvalue weighted by atomic mass is 32.2. The molecule has 0 bridgehead atoms. The van der Waals surface area contributed by atoms with Crippen molar-refractivity contribution in [1.29, 1.82) is 0 Å². The Kier molecular flexibility index (Phi) is 4.84. The van der Waals surface area contributed by atoms with Crippen LogP contribution < -0.4 is 10.0 Å². The maximum Gasteiger partial charge on any atom is 0.240 e. The molecule has 0 heterocycles. The summed E-state index contributed by atoms with van der Waals surface area (Å²) in [6.07, 6.45) is 2.23. The Hall–Kier alpha value is -1.60. The maximum atomic E-state index is 12.0. The van der Waals surface area contributed by atoms with Crippen LogP contribution in [-0.2, 0) is 14.8 Å². The van der Waals surface area contributed by atoms with Crippen molar-refractivity contribution in [3.05, 3.63) is 24.3 Å². The first-order chi connectivity index (χ1) is 9.88. The molecule has 0 saturated heterocycles. The van der Waals surface area contributed by atoms with Gasteiger partial charge in [-0.25, -0.2) is 13.1 Å². The number of hydrogen-bond acceptors (Lipinski definition) is 4. The standard InChI is InChI=1S/C14H21N3O3S/c1-17(2)14(18)9-10-15-11-5-7-13(8-6-11)21(19,20)16-12-3-4-12/h5-8,12,15-16H,3-4,9-10H2,1-2H3. The van der Waals surface area contributed by atoms with Crippen LogP contribution in [0.2, 0.25) is 0 Å². The summed E-state index contributed by atoms with van der Waals surface area (Å²) in [5, 5.41) is 3.10. The highest BCUT2D eigenvalue weighted by molar-refractivity contribution is 7.89. The molecule has 1 aromatic carbocycles. The molecule has 1 aliphatic rings. The second-order valence-corrected chi connectivity index (χ2v) is 7.10. The van der Waals surface area contributed by atoms with Gasteiger partial charge in [0.25, 0.3) is 0 Å². The third-order valence-corrected chi connectivity index (χ3v) is 4.77. The van der Waals surface area contributed by atoms with Crippen molar-refractivity contribution in [2.45, 2.75) is 30.2 Å². The second kappa shape index (κ2) is 6.44. The lowest BCUT2D eigenvalue weighted by molar-refractivity contribution is -0.128. The molecular weight excluding hydrogens is 290 g/mol. The molecule has 0 aliphatic heterocycles. The maximum absolute atomic E-state index is 12.0. The molecule has 0 radical (unpaired) electrons. The van der Waals surface area contributed by atoms with E-state index in [4.69, 9.17) is 0 Å². The molecule has 1 fully saturated rings. The molecule has 116 valence electrons. The van der Waals surface area contributed by atoms with Gasteiger partial charge in [-0.3, -0.25) is 4.79 Å². The molecule has 2 rings (SSSR count). The minimum absolute atomic E-state index is 0.0512. The molecule has 1 amide bonds. The van der Waals surface area contributed by atoms with Gasteiger partial charge < -0.3 is 10.2 Å². The van der Waals surface area contributed by atoms with Crippen LogP contribution in [0.25, 0.3) is 0 Å². The summed E-state index contributed by atoms with van der Waals surface area (Å²) in [7, 11) is 0.0367. The fourth-order valence-corrected chi connectivity index (χ4v) is 3.08. The Morgan fingerprint density at radius 2 is 1.86 bits per heavy atom. The predicted molar refractivity (Wildman–Crippen MR) is 81.6 cm³/mol. The molecule has 1 aromatic rings. The molecule has 0 unspecified atom stereocenters. The van der Waals surface area contributed by atoms with Gasteiger partial charge in [0.15, 0.2) is 0 Å². The van der Waals surface area contributed by atoms with Gasteiger partial charge >= 0.3 is 0 Å². The number of rotatable bonds is 7. The number of hydrogen-bond donors (Lipinski definition) is 2. The van der Waals surface area contributed by atoms with Crippen LogP contribution in [0.4, 0.5) is 5.69 Å². The summed E-state index contributed by atoms with van der Waals surface area (Å²) in [6, 6.07) is 6.66. The van der Waals surface area contributed by atoms with Gasteiger partial charge in [0.2, 0.25) is 15.9 Å². The first-order valence-electron chi connectivity index (χ1n) is 6.95. The molecule has 0 spiro atoms. The number of nitrogens with one attached hydrogen (secondary N) is 2. The van der Waals surface area contributed by atoms with Gasteiger partial charge in [0.1, 0.15) is 0 Å². The van der Waals surface area contributed by atoms with Crippen molar-refractivity contribution in [3.8, 4) is 0 Å². The van der Waals surface area contributed by atoms with Crippen molar-refractivity contribution < 1.29 is 13.2 Å². The largest absolute Gasteiger partial charge is 0.385 e. The van der Waals surface area contributed by atoms with Crippen LogP contribution in [0.5, 0.6) is 0 Å². The number of anilines is 1. The van der Waals surface area contributed by atoms with E-state index < -0.39 is 10.0 Å². The minimum Gasteiger partial charge on any atom is -0.385 e. The molecule has 6 nitrogen and oxygen atoms in total. The summed E-state index contributed by atoms with van der Waals surface area (Å²) in [6.45, 7) is 0.517. The summed E-state index contributed by atoms with van der Waals surface area (Å²) in [4.78, 5) is 13.2. The van der Waals surface area contributed by atoms with Crippen LogP contribution in [0.15, 0.2) is 29.2 Å². The number of carbonyl (C=O) groups is 1. The Bertz CT molecular complexity index is 592. The second-order valence-electron chi connectivity index (χ2n) is 5.38. The zero-order valence-electron chi connectivity index (χ0n) is 12.3. The number of amides is 1. The average Bonchev–Trinajstić information content (AvgIpc) is 3.22. The van der Waals surface area contributed by atoms with E-state index in [1.807, 2.05) is 0 Å². The zero-order valence-corrected chi connectivity index (χ0v) is 13.1. The van der Waals surface area contributed by atoms with E-state index >= 15 is 0 Å². The van der Waals surface area contributed by atoms with E-state index in [0.29, 0.717) is 13.0 Å². The van der Waals surface area contributed by atoms with E-state index in [9.17, 15) is 13.2 Å². The fourth-order valence-electron chi connectivity index (χ4n) is 1.78. The van der Waals surface area contributed by atoms with Gasteiger partial charge in [-0.05, 0) is 37.1 Å². The Labute approximate surface area is 125 Å². The molecule has 2 N–H and O–H groups in total. The normalized spacial score (nSPS) is 14.8. The first-order valence-corrected chi connectivity index (χ1v) is 8.43. The van der Waals surface area contributed by atoms with Crippen LogP contribution in [-0.4, -0.2) is 45.9 Å². The third kappa shape index (κ3) is 4.71. The van der Waals surface area contributed by atoms with Crippen LogP contribution >= 0.6 is 0 Å². The monoisotopic (exact) mass is 311 g/mol. The Balaban J connectivity index is 1.88. The number of sulfonamides is 1. The average molecular weight is 311 g/mol. The van der Waals surface area contributed by atoms with Crippen molar-refractivity contribution in [3.63, 3.8) is 0 Å². The summed E-state index contributed by atoms with van der Waals surface area (Å²) in [5.74, 6) is 0.0512. The van der Waals surface area contributed by atoms with Crippen molar-refractivity contribution in [1.82, 2.24) is 9.62 Å². The fraction of sp³-hybridized carbons (Fsp3) is 0.500. The first kappa shape index (κ1) is 15.8. The molecule has 0 aromatic heterocycles. The molecule has 1 aliphatic carbocycles. The Morgan fingerprint density at radius 3 is 2.38 bits per heavy atom. The summed E-state index contributed by atoms with van der Waals surface area (Å²) >= 11 is 0. The number of benzene rings is 1. The van der Waals surface area contributed by atoms with E-state index in [1.54, 1.807) is 43.3 Å². The quantitative estimate of drug-likeness (QED) is 0.788. The topological polar surface area (TPSA) is 78.5 Å². The van der Waals surface area contributed by atoms with Crippen molar-refractivity contribution in [2.24, 2.45) is 0 Å². The van der Waals surface area contributed by atoms with E-state index in [2.05, 4.69) is 10.0 Å². The molecular formula is C14H21N3O3S. The number of nitrogens with zero attached hydrogens (tertiary/aromatic N) is 1. The smallest absolute Gasteiger partial charge is 0.240 e. The van der Waals surface area contributed by atoms with Gasteiger partial charge in [0, 0.05) is 38.8 Å². The summed E-state index contributed by atoms with van der Waals surface area (Å²) in [5.41, 5.74) is 0.798. The lowest BCUT2D eigenvalue weighted by Gasteiger charge is -2.11. The molecule has 0 atom stereocenters. The van der Waals surface area contributed by atoms with Gasteiger partial charge in [-0.2, -0.15) is 0 Å².